The van der Waals surface area contributed by atoms with Gasteiger partial charge in [0.05, 0.1) is 34.6 Å². The molecule has 0 saturated heterocycles. The number of aryl methyl sites for hydroxylation is 2. The third-order valence-corrected chi connectivity index (χ3v) is 9.67. The molecule has 0 unspecified atom stereocenters. The summed E-state index contributed by atoms with van der Waals surface area (Å²) in [5.41, 5.74) is 6.17. The van der Waals surface area contributed by atoms with Gasteiger partial charge in [0.1, 0.15) is 5.75 Å². The van der Waals surface area contributed by atoms with Crippen LogP contribution >= 0.6 is 23.1 Å². The van der Waals surface area contributed by atoms with Crippen molar-refractivity contribution in [2.24, 2.45) is 5.10 Å². The van der Waals surface area contributed by atoms with Crippen LogP contribution in [0.3, 0.4) is 0 Å². The lowest BCUT2D eigenvalue weighted by atomic mass is 10.00. The van der Waals surface area contributed by atoms with E-state index in [1.165, 1.54) is 11.8 Å². The number of aromatic nitrogens is 3. The highest BCUT2D eigenvalue weighted by atomic mass is 32.2. The third-order valence-electron chi connectivity index (χ3n) is 7.83. The molecule has 0 bridgehead atoms. The lowest BCUT2D eigenvalue weighted by Gasteiger charge is -2.22. The smallest absolute Gasteiger partial charge is 0.258 e. The molecule has 0 fully saturated rings. The molecule has 0 aliphatic carbocycles. The molecule has 1 N–H and O–H groups in total. The van der Waals surface area contributed by atoms with Gasteiger partial charge in [-0.1, -0.05) is 78.0 Å². The van der Waals surface area contributed by atoms with E-state index < -0.39 is 0 Å². The summed E-state index contributed by atoms with van der Waals surface area (Å²) in [6.07, 6.45) is 0.649. The predicted octanol–water partition coefficient (Wildman–Crippen LogP) is 6.42. The number of ether oxygens (including phenoxy) is 1. The zero-order valence-electron chi connectivity index (χ0n) is 25.8. The Kier molecular flexibility index (Phi) is 9.60. The summed E-state index contributed by atoms with van der Waals surface area (Å²) >= 11 is 2.93. The highest BCUT2D eigenvalue weighted by Gasteiger charge is 2.33. The molecule has 6 rings (SSSR count). The summed E-state index contributed by atoms with van der Waals surface area (Å²) in [4.78, 5) is 27.5. The number of thioether (sulfide) groups is 1. The molecule has 9 nitrogen and oxygen atoms in total. The van der Waals surface area contributed by atoms with Gasteiger partial charge < -0.3 is 10.1 Å². The zero-order chi connectivity index (χ0) is 32.0. The van der Waals surface area contributed by atoms with Gasteiger partial charge >= 0.3 is 0 Å². The molecule has 11 heteroatoms. The van der Waals surface area contributed by atoms with Crippen molar-refractivity contribution < 1.29 is 14.3 Å². The lowest BCUT2D eigenvalue weighted by molar-refractivity contribution is -0.130. The van der Waals surface area contributed by atoms with Gasteiger partial charge in [-0.3, -0.25) is 14.2 Å². The summed E-state index contributed by atoms with van der Waals surface area (Å²) in [6, 6.07) is 27.3. The average Bonchev–Trinajstić information content (AvgIpc) is 3.84. The zero-order valence-corrected chi connectivity index (χ0v) is 27.5. The summed E-state index contributed by atoms with van der Waals surface area (Å²) in [7, 11) is 0. The number of carbonyl (C=O) groups is 2. The van der Waals surface area contributed by atoms with Crippen LogP contribution in [0.25, 0.3) is 5.69 Å². The Hall–Kier alpha value is -4.74. The fourth-order valence-electron chi connectivity index (χ4n) is 5.19. The maximum absolute atomic E-state index is 13.8. The Labute approximate surface area is 276 Å². The van der Waals surface area contributed by atoms with Gasteiger partial charge in [-0.15, -0.1) is 21.5 Å². The standard InChI is InChI=1S/C35H34N6O3S2/c1-23-14-16-26(17-15-23)30-19-28(31-13-8-18-45-31)39-41(30)34(43)22-46-35-38-37-32(40(35)29-12-7-9-24(2)25(29)3)20-36-33(42)21-44-27-10-5-4-6-11-27/h4-18,30H,19-22H2,1-3H3,(H,36,42)/t30-/m1/s1. The average molecular weight is 651 g/mol. The van der Waals surface area contributed by atoms with Crippen molar-refractivity contribution in [3.63, 3.8) is 0 Å². The molecular formula is C35H34N6O3S2. The van der Waals surface area contributed by atoms with Crippen molar-refractivity contribution in [1.82, 2.24) is 25.1 Å². The Morgan fingerprint density at radius 1 is 0.957 bits per heavy atom. The van der Waals surface area contributed by atoms with Crippen LogP contribution in [0.4, 0.5) is 0 Å². The second-order valence-electron chi connectivity index (χ2n) is 11.0. The fourth-order valence-corrected chi connectivity index (χ4v) is 6.73. The number of hydrogen-bond donors (Lipinski definition) is 1. The number of para-hydroxylation sites is 1. The van der Waals surface area contributed by atoms with E-state index >= 15 is 0 Å². The van der Waals surface area contributed by atoms with Gasteiger partial charge in [0.2, 0.25) is 0 Å². The highest BCUT2D eigenvalue weighted by molar-refractivity contribution is 7.99. The number of hydrazone groups is 1. The number of nitrogens with one attached hydrogen (secondary N) is 1. The quantitative estimate of drug-likeness (QED) is 0.166. The minimum Gasteiger partial charge on any atom is -0.484 e. The molecule has 3 aromatic carbocycles. The monoisotopic (exact) mass is 650 g/mol. The van der Waals surface area contributed by atoms with Crippen molar-refractivity contribution in [1.29, 1.82) is 0 Å². The summed E-state index contributed by atoms with van der Waals surface area (Å²) in [6.45, 7) is 6.16. The molecular weight excluding hydrogens is 617 g/mol. The lowest BCUT2D eigenvalue weighted by Crippen LogP contribution is -2.29. The SMILES string of the molecule is Cc1ccc([C@H]2CC(c3cccs3)=NN2C(=O)CSc2nnc(CNC(=O)COc3ccccc3)n2-c2cccc(C)c2C)cc1. The van der Waals surface area contributed by atoms with Crippen LogP contribution in [0.2, 0.25) is 0 Å². The van der Waals surface area contributed by atoms with Crippen molar-refractivity contribution in [2.75, 3.05) is 12.4 Å². The van der Waals surface area contributed by atoms with Crippen LogP contribution in [0.5, 0.6) is 5.75 Å². The van der Waals surface area contributed by atoms with Gasteiger partial charge in [0.15, 0.2) is 17.6 Å². The molecule has 46 heavy (non-hydrogen) atoms. The first kappa shape index (κ1) is 31.3. The molecule has 0 saturated carbocycles. The maximum Gasteiger partial charge on any atom is 0.258 e. The van der Waals surface area contributed by atoms with E-state index in [9.17, 15) is 9.59 Å². The van der Waals surface area contributed by atoms with Gasteiger partial charge in [0, 0.05) is 6.42 Å². The van der Waals surface area contributed by atoms with E-state index in [-0.39, 0.29) is 36.8 Å². The molecule has 2 amide bonds. The largest absolute Gasteiger partial charge is 0.484 e. The summed E-state index contributed by atoms with van der Waals surface area (Å²) < 4.78 is 7.51. The fraction of sp³-hybridized carbons (Fsp3) is 0.229. The van der Waals surface area contributed by atoms with Crippen LogP contribution in [0, 0.1) is 20.8 Å². The summed E-state index contributed by atoms with van der Waals surface area (Å²) in [5.74, 6) is 0.886. The molecule has 234 valence electrons. The number of carbonyl (C=O) groups excluding carboxylic acids is 2. The molecule has 1 atom stereocenters. The molecule has 5 aromatic rings. The topological polar surface area (TPSA) is 102 Å². The molecule has 1 aliphatic rings. The van der Waals surface area contributed by atoms with Gasteiger partial charge in [0.25, 0.3) is 11.8 Å². The second kappa shape index (κ2) is 14.1. The summed E-state index contributed by atoms with van der Waals surface area (Å²) in [5, 5.41) is 20.8. The Balaban J connectivity index is 1.21. The Morgan fingerprint density at radius 2 is 1.76 bits per heavy atom. The normalized spacial score (nSPS) is 14.3. The Morgan fingerprint density at radius 3 is 2.52 bits per heavy atom. The number of rotatable bonds is 11. The number of thiophene rings is 1. The Bertz CT molecular complexity index is 1850. The van der Waals surface area contributed by atoms with Gasteiger partial charge in [-0.25, -0.2) is 5.01 Å². The number of benzene rings is 3. The van der Waals surface area contributed by atoms with Crippen molar-refractivity contribution >= 4 is 40.6 Å². The first-order valence-corrected chi connectivity index (χ1v) is 16.8. The number of nitrogens with zero attached hydrogens (tertiary/aromatic N) is 5. The molecule has 0 spiro atoms. The molecule has 3 heterocycles. The van der Waals surface area contributed by atoms with Crippen molar-refractivity contribution in [2.45, 2.75) is 44.9 Å². The molecule has 2 aromatic heterocycles. The van der Waals surface area contributed by atoms with E-state index in [1.54, 1.807) is 28.5 Å². The number of hydrogen-bond acceptors (Lipinski definition) is 8. The first-order valence-electron chi connectivity index (χ1n) is 15.0. The van der Waals surface area contributed by atoms with E-state index in [0.29, 0.717) is 23.2 Å². The second-order valence-corrected chi connectivity index (χ2v) is 12.9. The van der Waals surface area contributed by atoms with Crippen LogP contribution in [0.1, 0.15) is 45.4 Å². The first-order chi connectivity index (χ1) is 22.4. The minimum absolute atomic E-state index is 0.115. The van der Waals surface area contributed by atoms with Gasteiger partial charge in [-0.2, -0.15) is 5.10 Å². The van der Waals surface area contributed by atoms with E-state index in [2.05, 4.69) is 46.7 Å². The van der Waals surface area contributed by atoms with Crippen LogP contribution in [-0.2, 0) is 16.1 Å². The van der Waals surface area contributed by atoms with Crippen molar-refractivity contribution in [3.05, 3.63) is 123 Å². The van der Waals surface area contributed by atoms with E-state index in [1.807, 2.05) is 72.3 Å². The van der Waals surface area contributed by atoms with Crippen LogP contribution in [0.15, 0.2) is 101 Å². The van der Waals surface area contributed by atoms with E-state index in [4.69, 9.17) is 9.84 Å². The van der Waals surface area contributed by atoms with E-state index in [0.717, 1.165) is 38.5 Å². The minimum atomic E-state index is -0.278. The predicted molar refractivity (Wildman–Crippen MR) is 182 cm³/mol. The molecule has 1 aliphatic heterocycles. The molecule has 0 radical (unpaired) electrons. The van der Waals surface area contributed by atoms with Crippen LogP contribution in [-0.4, -0.2) is 49.7 Å². The van der Waals surface area contributed by atoms with Crippen molar-refractivity contribution in [3.8, 4) is 11.4 Å². The third kappa shape index (κ3) is 7.05. The van der Waals surface area contributed by atoms with Crippen LogP contribution < -0.4 is 10.1 Å². The highest BCUT2D eigenvalue weighted by Crippen LogP contribution is 2.35. The van der Waals surface area contributed by atoms with Gasteiger partial charge in [-0.05, 0) is 67.1 Å². The number of amides is 2. The maximum atomic E-state index is 13.8.